The van der Waals surface area contributed by atoms with Gasteiger partial charge in [0.1, 0.15) is 0 Å². The minimum atomic E-state index is -4.86. The first-order chi connectivity index (χ1) is 5.80. The van der Waals surface area contributed by atoms with Crippen molar-refractivity contribution in [3.63, 3.8) is 0 Å². The second-order valence-corrected chi connectivity index (χ2v) is 2.72. The summed E-state index contributed by atoms with van der Waals surface area (Å²) in [5.74, 6) is -3.38. The van der Waals surface area contributed by atoms with Crippen LogP contribution in [-0.2, 0) is 4.79 Å². The van der Waals surface area contributed by atoms with E-state index >= 15 is 0 Å². The third-order valence-corrected chi connectivity index (χ3v) is 1.63. The first kappa shape index (κ1) is 12.2. The number of aliphatic carboxylic acids is 1. The van der Waals surface area contributed by atoms with Crippen LogP contribution in [0.4, 0.5) is 13.2 Å². The van der Waals surface area contributed by atoms with Crippen molar-refractivity contribution in [3.05, 3.63) is 0 Å². The van der Waals surface area contributed by atoms with E-state index in [-0.39, 0.29) is 12.8 Å². The molecule has 0 aromatic heterocycles. The van der Waals surface area contributed by atoms with Crippen LogP contribution in [0.3, 0.4) is 0 Å². The third kappa shape index (κ3) is 3.63. The highest BCUT2D eigenvalue weighted by Crippen LogP contribution is 2.28. The Morgan fingerprint density at radius 2 is 1.92 bits per heavy atom. The second-order valence-electron chi connectivity index (χ2n) is 2.72. The maximum absolute atomic E-state index is 11.9. The molecule has 0 aliphatic rings. The van der Waals surface area contributed by atoms with Gasteiger partial charge in [0.25, 0.3) is 0 Å². The van der Waals surface area contributed by atoms with E-state index in [0.29, 0.717) is 0 Å². The average molecular weight is 200 g/mol. The van der Waals surface area contributed by atoms with Crippen LogP contribution in [0, 0.1) is 5.92 Å². The van der Waals surface area contributed by atoms with Crippen LogP contribution in [-0.4, -0.2) is 28.5 Å². The Morgan fingerprint density at radius 3 is 2.15 bits per heavy atom. The van der Waals surface area contributed by atoms with Gasteiger partial charge in [0.2, 0.25) is 0 Å². The van der Waals surface area contributed by atoms with Gasteiger partial charge in [0.15, 0.2) is 6.10 Å². The van der Waals surface area contributed by atoms with Crippen LogP contribution in [0.15, 0.2) is 0 Å². The number of hydrogen-bond acceptors (Lipinski definition) is 2. The summed E-state index contributed by atoms with van der Waals surface area (Å²) in [6.45, 7) is 1.55. The smallest absolute Gasteiger partial charge is 0.415 e. The molecule has 0 radical (unpaired) electrons. The Morgan fingerprint density at radius 1 is 1.46 bits per heavy atom. The molecule has 0 fully saturated rings. The van der Waals surface area contributed by atoms with Gasteiger partial charge < -0.3 is 10.2 Å². The fourth-order valence-electron chi connectivity index (χ4n) is 0.956. The Hall–Kier alpha value is -0.780. The van der Waals surface area contributed by atoms with Crippen LogP contribution in [0.5, 0.6) is 0 Å². The van der Waals surface area contributed by atoms with Gasteiger partial charge >= 0.3 is 12.1 Å². The lowest BCUT2D eigenvalue weighted by atomic mass is 9.97. The number of rotatable bonds is 4. The summed E-state index contributed by atoms with van der Waals surface area (Å²) < 4.78 is 35.6. The number of halogens is 3. The SMILES string of the molecule is CCC[C@@H](C(=O)O)[C@@H](O)C(F)(F)F. The molecule has 3 nitrogen and oxygen atoms in total. The van der Waals surface area contributed by atoms with Crippen LogP contribution in [0.25, 0.3) is 0 Å². The number of aliphatic hydroxyl groups excluding tert-OH is 1. The molecule has 0 spiro atoms. The van der Waals surface area contributed by atoms with Gasteiger partial charge in [0, 0.05) is 0 Å². The molecule has 0 saturated heterocycles. The fourth-order valence-corrected chi connectivity index (χ4v) is 0.956. The lowest BCUT2D eigenvalue weighted by molar-refractivity contribution is -0.223. The largest absolute Gasteiger partial charge is 0.481 e. The summed E-state index contributed by atoms with van der Waals surface area (Å²) in [5, 5.41) is 17.0. The molecule has 2 N–H and O–H groups in total. The fraction of sp³-hybridized carbons (Fsp3) is 0.857. The molecular formula is C7H11F3O3. The maximum atomic E-state index is 11.9. The van der Waals surface area contributed by atoms with E-state index in [2.05, 4.69) is 0 Å². The molecule has 2 atom stereocenters. The van der Waals surface area contributed by atoms with Crippen molar-refractivity contribution in [1.29, 1.82) is 0 Å². The predicted octanol–water partition coefficient (Wildman–Crippen LogP) is 1.41. The van der Waals surface area contributed by atoms with Gasteiger partial charge in [-0.15, -0.1) is 0 Å². The van der Waals surface area contributed by atoms with Gasteiger partial charge in [0.05, 0.1) is 5.92 Å². The van der Waals surface area contributed by atoms with E-state index in [9.17, 15) is 18.0 Å². The highest BCUT2D eigenvalue weighted by Gasteiger charge is 2.45. The minimum absolute atomic E-state index is 0.185. The Bertz CT molecular complexity index is 178. The summed E-state index contributed by atoms with van der Waals surface area (Å²) >= 11 is 0. The first-order valence-electron chi connectivity index (χ1n) is 3.78. The number of hydrogen-bond donors (Lipinski definition) is 2. The van der Waals surface area contributed by atoms with E-state index in [4.69, 9.17) is 10.2 Å². The van der Waals surface area contributed by atoms with Crippen molar-refractivity contribution >= 4 is 5.97 Å². The zero-order valence-electron chi connectivity index (χ0n) is 7.01. The summed E-state index contributed by atoms with van der Waals surface area (Å²) in [6, 6.07) is 0. The molecule has 0 aromatic rings. The zero-order chi connectivity index (χ0) is 10.6. The van der Waals surface area contributed by atoms with Gasteiger partial charge in [-0.3, -0.25) is 4.79 Å². The monoisotopic (exact) mass is 200 g/mol. The second kappa shape index (κ2) is 4.45. The first-order valence-corrected chi connectivity index (χ1v) is 3.78. The molecule has 0 aliphatic carbocycles. The minimum Gasteiger partial charge on any atom is -0.481 e. The Kier molecular flexibility index (Phi) is 4.19. The van der Waals surface area contributed by atoms with Crippen molar-refractivity contribution in [3.8, 4) is 0 Å². The molecule has 0 unspecified atom stereocenters. The molecule has 13 heavy (non-hydrogen) atoms. The number of alkyl halides is 3. The molecular weight excluding hydrogens is 189 g/mol. The molecule has 0 amide bonds. The lowest BCUT2D eigenvalue weighted by Gasteiger charge is -2.20. The van der Waals surface area contributed by atoms with Gasteiger partial charge in [-0.1, -0.05) is 13.3 Å². The van der Waals surface area contributed by atoms with Crippen molar-refractivity contribution in [2.45, 2.75) is 32.0 Å². The van der Waals surface area contributed by atoms with E-state index in [1.54, 1.807) is 6.92 Å². The number of carbonyl (C=O) groups is 1. The van der Waals surface area contributed by atoms with E-state index in [1.807, 2.05) is 0 Å². The Labute approximate surface area is 73.2 Å². The molecule has 0 rings (SSSR count). The number of carboxylic acids is 1. The highest BCUT2D eigenvalue weighted by atomic mass is 19.4. The lowest BCUT2D eigenvalue weighted by Crippen LogP contribution is -2.39. The molecule has 0 heterocycles. The zero-order valence-corrected chi connectivity index (χ0v) is 7.01. The summed E-state index contributed by atoms with van der Waals surface area (Å²) in [4.78, 5) is 10.3. The van der Waals surface area contributed by atoms with Crippen molar-refractivity contribution in [2.24, 2.45) is 5.92 Å². The molecule has 0 bridgehead atoms. The number of aliphatic hydroxyl groups is 1. The quantitative estimate of drug-likeness (QED) is 0.721. The van der Waals surface area contributed by atoms with E-state index in [1.165, 1.54) is 0 Å². The van der Waals surface area contributed by atoms with Crippen LogP contribution >= 0.6 is 0 Å². The van der Waals surface area contributed by atoms with Crippen LogP contribution in [0.2, 0.25) is 0 Å². The maximum Gasteiger partial charge on any atom is 0.415 e. The van der Waals surface area contributed by atoms with E-state index < -0.39 is 24.2 Å². The molecule has 0 aromatic carbocycles. The normalized spacial score (nSPS) is 16.7. The average Bonchev–Trinajstić information content (AvgIpc) is 1.96. The molecule has 78 valence electrons. The van der Waals surface area contributed by atoms with Crippen LogP contribution in [0.1, 0.15) is 19.8 Å². The third-order valence-electron chi connectivity index (χ3n) is 1.63. The highest BCUT2D eigenvalue weighted by molar-refractivity contribution is 5.70. The van der Waals surface area contributed by atoms with Crippen molar-refractivity contribution < 1.29 is 28.2 Å². The summed E-state index contributed by atoms with van der Waals surface area (Å²) in [7, 11) is 0. The molecule has 0 saturated carbocycles. The van der Waals surface area contributed by atoms with Gasteiger partial charge in [-0.25, -0.2) is 0 Å². The van der Waals surface area contributed by atoms with Gasteiger partial charge in [-0.2, -0.15) is 13.2 Å². The summed E-state index contributed by atoms with van der Waals surface area (Å²) in [6.07, 6.45) is -7.54. The van der Waals surface area contributed by atoms with Crippen LogP contribution < -0.4 is 0 Å². The van der Waals surface area contributed by atoms with E-state index in [0.717, 1.165) is 0 Å². The summed E-state index contributed by atoms with van der Waals surface area (Å²) in [5.41, 5.74) is 0. The standard InChI is InChI=1S/C7H11F3O3/c1-2-3-4(6(12)13)5(11)7(8,9)10/h4-5,11H,2-3H2,1H3,(H,12,13)/t4-,5-/m1/s1. The van der Waals surface area contributed by atoms with Gasteiger partial charge in [-0.05, 0) is 6.42 Å². The Balaban J connectivity index is 4.46. The predicted molar refractivity (Wildman–Crippen MR) is 38.1 cm³/mol. The number of carboxylic acid groups (broad SMARTS) is 1. The van der Waals surface area contributed by atoms with Crippen molar-refractivity contribution in [1.82, 2.24) is 0 Å². The molecule has 6 heteroatoms. The van der Waals surface area contributed by atoms with Crippen molar-refractivity contribution in [2.75, 3.05) is 0 Å². The molecule has 0 aliphatic heterocycles. The topological polar surface area (TPSA) is 57.5 Å².